The number of nitrogens with two attached hydrogens (primary N) is 2. The van der Waals surface area contributed by atoms with Gasteiger partial charge in [-0.15, -0.1) is 0 Å². The second-order valence-corrected chi connectivity index (χ2v) is 3.85. The topological polar surface area (TPSA) is 52.0 Å². The highest BCUT2D eigenvalue weighted by Crippen LogP contribution is 2.31. The summed E-state index contributed by atoms with van der Waals surface area (Å²) in [5, 5.41) is 0. The molecule has 0 aliphatic rings. The summed E-state index contributed by atoms with van der Waals surface area (Å²) in [6.07, 6.45) is 0.844. The molecule has 78 valence electrons. The molecule has 0 amide bonds. The first-order valence-corrected chi connectivity index (χ1v) is 4.79. The summed E-state index contributed by atoms with van der Waals surface area (Å²) in [7, 11) is 0. The van der Waals surface area contributed by atoms with Crippen LogP contribution in [0.4, 0.5) is 10.1 Å². The molecule has 0 saturated carbocycles. The Bertz CT molecular complexity index is 319. The van der Waals surface area contributed by atoms with Gasteiger partial charge in [0.2, 0.25) is 0 Å². The van der Waals surface area contributed by atoms with Gasteiger partial charge in [0, 0.05) is 17.6 Å². The van der Waals surface area contributed by atoms with E-state index in [1.165, 1.54) is 12.1 Å². The van der Waals surface area contributed by atoms with Crippen LogP contribution in [-0.4, -0.2) is 6.54 Å². The summed E-state index contributed by atoms with van der Waals surface area (Å²) in [6.45, 7) is 4.49. The molecule has 3 heteroatoms. The van der Waals surface area contributed by atoms with Crippen molar-refractivity contribution in [2.24, 2.45) is 5.73 Å². The molecule has 2 nitrogen and oxygen atoms in total. The lowest BCUT2D eigenvalue weighted by Crippen LogP contribution is -2.32. The summed E-state index contributed by atoms with van der Waals surface area (Å²) in [4.78, 5) is 0. The monoisotopic (exact) mass is 196 g/mol. The number of nitrogen functional groups attached to an aromatic ring is 1. The molecular formula is C11H17FN2. The van der Waals surface area contributed by atoms with Crippen LogP contribution in [0.2, 0.25) is 0 Å². The van der Waals surface area contributed by atoms with E-state index in [4.69, 9.17) is 11.5 Å². The number of halogens is 1. The fourth-order valence-corrected chi connectivity index (χ4v) is 1.50. The third kappa shape index (κ3) is 1.87. The van der Waals surface area contributed by atoms with Gasteiger partial charge in [0.05, 0.1) is 0 Å². The zero-order valence-corrected chi connectivity index (χ0v) is 8.68. The van der Waals surface area contributed by atoms with Gasteiger partial charge in [-0.25, -0.2) is 4.39 Å². The van der Waals surface area contributed by atoms with Crippen LogP contribution in [0.15, 0.2) is 18.2 Å². The van der Waals surface area contributed by atoms with Crippen molar-refractivity contribution in [2.75, 3.05) is 12.3 Å². The Hall–Kier alpha value is -1.09. The number of anilines is 1. The number of benzene rings is 1. The second-order valence-electron chi connectivity index (χ2n) is 3.85. The Morgan fingerprint density at radius 3 is 2.57 bits per heavy atom. The maximum Gasteiger partial charge on any atom is 0.123 e. The molecule has 1 atom stereocenters. The van der Waals surface area contributed by atoms with E-state index in [2.05, 4.69) is 0 Å². The highest BCUT2D eigenvalue weighted by molar-refractivity contribution is 5.51. The molecule has 0 bridgehead atoms. The molecule has 1 aromatic rings. The first kappa shape index (κ1) is 11.0. The van der Waals surface area contributed by atoms with E-state index in [0.29, 0.717) is 12.2 Å². The van der Waals surface area contributed by atoms with Crippen molar-refractivity contribution in [1.82, 2.24) is 0 Å². The molecule has 14 heavy (non-hydrogen) atoms. The normalized spacial score (nSPS) is 15.1. The average molecular weight is 196 g/mol. The highest BCUT2D eigenvalue weighted by Gasteiger charge is 2.25. The lowest BCUT2D eigenvalue weighted by molar-refractivity contribution is 0.465. The minimum atomic E-state index is -0.262. The highest BCUT2D eigenvalue weighted by atomic mass is 19.1. The standard InChI is InChI=1S/C11H17FN2/c1-3-11(2,7-13)9-6-8(12)4-5-10(9)14/h4-6H,3,7,13-14H2,1-2H3. The zero-order valence-electron chi connectivity index (χ0n) is 8.68. The Kier molecular flexibility index (Phi) is 3.11. The van der Waals surface area contributed by atoms with Crippen molar-refractivity contribution < 1.29 is 4.39 Å². The predicted octanol–water partition coefficient (Wildman–Crippen LogP) is 2.03. The Balaban J connectivity index is 3.22. The Morgan fingerprint density at radius 2 is 2.07 bits per heavy atom. The Morgan fingerprint density at radius 1 is 1.43 bits per heavy atom. The summed E-state index contributed by atoms with van der Waals surface area (Å²) in [6, 6.07) is 4.44. The first-order chi connectivity index (χ1) is 6.53. The molecule has 1 rings (SSSR count). The summed E-state index contributed by atoms with van der Waals surface area (Å²) in [5.74, 6) is -0.262. The maximum atomic E-state index is 13.1. The summed E-state index contributed by atoms with van der Waals surface area (Å²) >= 11 is 0. The summed E-state index contributed by atoms with van der Waals surface area (Å²) in [5.41, 5.74) is 12.7. The molecular weight excluding hydrogens is 179 g/mol. The van der Waals surface area contributed by atoms with Gasteiger partial charge in [0.1, 0.15) is 5.82 Å². The lowest BCUT2D eigenvalue weighted by Gasteiger charge is -2.28. The van der Waals surface area contributed by atoms with Gasteiger partial charge in [0.15, 0.2) is 0 Å². The molecule has 0 radical (unpaired) electrons. The molecule has 0 fully saturated rings. The minimum Gasteiger partial charge on any atom is -0.398 e. The smallest absolute Gasteiger partial charge is 0.123 e. The summed E-state index contributed by atoms with van der Waals surface area (Å²) < 4.78 is 13.1. The van der Waals surface area contributed by atoms with E-state index < -0.39 is 0 Å². The lowest BCUT2D eigenvalue weighted by atomic mass is 9.79. The van der Waals surface area contributed by atoms with Crippen molar-refractivity contribution in [3.8, 4) is 0 Å². The van der Waals surface area contributed by atoms with Gasteiger partial charge in [-0.2, -0.15) is 0 Å². The van der Waals surface area contributed by atoms with Gasteiger partial charge in [-0.3, -0.25) is 0 Å². The SMILES string of the molecule is CCC(C)(CN)c1cc(F)ccc1N. The third-order valence-corrected chi connectivity index (χ3v) is 2.90. The molecule has 0 saturated heterocycles. The van der Waals surface area contributed by atoms with Crippen LogP contribution < -0.4 is 11.5 Å². The van der Waals surface area contributed by atoms with E-state index in [1.807, 2.05) is 13.8 Å². The molecule has 0 aliphatic carbocycles. The third-order valence-electron chi connectivity index (χ3n) is 2.90. The van der Waals surface area contributed by atoms with E-state index >= 15 is 0 Å². The first-order valence-electron chi connectivity index (χ1n) is 4.79. The van der Waals surface area contributed by atoms with Crippen molar-refractivity contribution in [3.05, 3.63) is 29.6 Å². The average Bonchev–Trinajstić information content (AvgIpc) is 2.20. The zero-order chi connectivity index (χ0) is 10.8. The van der Waals surface area contributed by atoms with Gasteiger partial charge in [0.25, 0.3) is 0 Å². The predicted molar refractivity (Wildman–Crippen MR) is 57.5 cm³/mol. The van der Waals surface area contributed by atoms with Gasteiger partial charge in [-0.1, -0.05) is 13.8 Å². The molecule has 0 aliphatic heterocycles. The molecule has 1 aromatic carbocycles. The van der Waals surface area contributed by atoms with E-state index in [0.717, 1.165) is 12.0 Å². The van der Waals surface area contributed by atoms with Crippen molar-refractivity contribution in [3.63, 3.8) is 0 Å². The number of rotatable bonds is 3. The molecule has 1 unspecified atom stereocenters. The molecule has 4 N–H and O–H groups in total. The van der Waals surface area contributed by atoms with Crippen LogP contribution in [0.5, 0.6) is 0 Å². The van der Waals surface area contributed by atoms with Crippen molar-refractivity contribution in [1.29, 1.82) is 0 Å². The van der Waals surface area contributed by atoms with Crippen LogP contribution in [0.25, 0.3) is 0 Å². The van der Waals surface area contributed by atoms with Gasteiger partial charge >= 0.3 is 0 Å². The van der Waals surface area contributed by atoms with Gasteiger partial charge < -0.3 is 11.5 Å². The maximum absolute atomic E-state index is 13.1. The molecule has 0 spiro atoms. The van der Waals surface area contributed by atoms with Gasteiger partial charge in [-0.05, 0) is 30.2 Å². The van der Waals surface area contributed by atoms with Crippen molar-refractivity contribution in [2.45, 2.75) is 25.7 Å². The van der Waals surface area contributed by atoms with Crippen LogP contribution in [-0.2, 0) is 5.41 Å². The van der Waals surface area contributed by atoms with Crippen molar-refractivity contribution >= 4 is 5.69 Å². The Labute approximate surface area is 84.1 Å². The molecule has 0 aromatic heterocycles. The van der Waals surface area contributed by atoms with E-state index in [-0.39, 0.29) is 11.2 Å². The quantitative estimate of drug-likeness (QED) is 0.727. The van der Waals surface area contributed by atoms with Crippen LogP contribution >= 0.6 is 0 Å². The fraction of sp³-hybridized carbons (Fsp3) is 0.455. The number of hydrogen-bond acceptors (Lipinski definition) is 2. The minimum absolute atomic E-state index is 0.230. The number of hydrogen-bond donors (Lipinski definition) is 2. The van der Waals surface area contributed by atoms with E-state index in [9.17, 15) is 4.39 Å². The van der Waals surface area contributed by atoms with E-state index in [1.54, 1.807) is 6.07 Å². The molecule has 0 heterocycles. The largest absolute Gasteiger partial charge is 0.398 e. The van der Waals surface area contributed by atoms with Crippen LogP contribution in [0.1, 0.15) is 25.8 Å². The fourth-order valence-electron chi connectivity index (χ4n) is 1.50. The second kappa shape index (κ2) is 3.96. The van der Waals surface area contributed by atoms with Crippen LogP contribution in [0.3, 0.4) is 0 Å². The van der Waals surface area contributed by atoms with Crippen LogP contribution in [0, 0.1) is 5.82 Å².